The van der Waals surface area contributed by atoms with Gasteiger partial charge in [-0.2, -0.15) is 0 Å². The van der Waals surface area contributed by atoms with E-state index >= 15 is 0 Å². The molecule has 0 saturated carbocycles. The normalized spacial score (nSPS) is 11.5. The van der Waals surface area contributed by atoms with Crippen molar-refractivity contribution >= 4 is 26.5 Å². The lowest BCUT2D eigenvalue weighted by Crippen LogP contribution is -2.13. The molecule has 3 aromatic rings. The molecule has 0 unspecified atom stereocenters. The molecule has 0 atom stereocenters. The number of fused-ring (bicyclic) bond motifs is 1. The Bertz CT molecular complexity index is 1010. The van der Waals surface area contributed by atoms with Crippen LogP contribution in [0.15, 0.2) is 59.5 Å². The van der Waals surface area contributed by atoms with Gasteiger partial charge in [0.05, 0.1) is 12.0 Å². The third kappa shape index (κ3) is 3.21. The number of rotatable bonds is 4. The zero-order valence-corrected chi connectivity index (χ0v) is 14.6. The van der Waals surface area contributed by atoms with E-state index in [2.05, 4.69) is 4.72 Å². The van der Waals surface area contributed by atoms with Crippen LogP contribution in [0.4, 0.5) is 5.69 Å². The van der Waals surface area contributed by atoms with Crippen molar-refractivity contribution in [1.82, 2.24) is 0 Å². The van der Waals surface area contributed by atoms with Crippen molar-refractivity contribution in [3.8, 4) is 5.75 Å². The summed E-state index contributed by atoms with van der Waals surface area (Å²) in [5, 5.41) is 1.78. The minimum atomic E-state index is -3.63. The van der Waals surface area contributed by atoms with E-state index < -0.39 is 10.0 Å². The molecule has 24 heavy (non-hydrogen) atoms. The van der Waals surface area contributed by atoms with E-state index in [1.807, 2.05) is 44.2 Å². The van der Waals surface area contributed by atoms with Crippen molar-refractivity contribution in [3.05, 3.63) is 65.7 Å². The largest absolute Gasteiger partial charge is 0.497 e. The minimum absolute atomic E-state index is 0.235. The molecule has 0 aliphatic carbocycles. The Morgan fingerprint density at radius 1 is 0.833 bits per heavy atom. The highest BCUT2D eigenvalue weighted by Crippen LogP contribution is 2.25. The molecule has 0 amide bonds. The molecule has 0 spiro atoms. The van der Waals surface area contributed by atoms with Crippen molar-refractivity contribution in [2.24, 2.45) is 0 Å². The van der Waals surface area contributed by atoms with Crippen LogP contribution in [0.1, 0.15) is 11.1 Å². The van der Waals surface area contributed by atoms with E-state index in [0.29, 0.717) is 5.69 Å². The van der Waals surface area contributed by atoms with Gasteiger partial charge in [-0.15, -0.1) is 0 Å². The first-order chi connectivity index (χ1) is 11.4. The van der Waals surface area contributed by atoms with Crippen LogP contribution in [0.5, 0.6) is 5.75 Å². The van der Waals surface area contributed by atoms with E-state index in [4.69, 9.17) is 4.74 Å². The van der Waals surface area contributed by atoms with E-state index in [0.717, 1.165) is 27.6 Å². The third-order valence-corrected chi connectivity index (χ3v) is 5.47. The molecule has 0 aliphatic rings. The Kier molecular flexibility index (Phi) is 4.20. The third-order valence-electron chi connectivity index (χ3n) is 4.09. The van der Waals surface area contributed by atoms with Gasteiger partial charge in [-0.1, -0.05) is 18.2 Å². The number of benzene rings is 3. The van der Waals surface area contributed by atoms with E-state index in [9.17, 15) is 8.42 Å². The highest BCUT2D eigenvalue weighted by molar-refractivity contribution is 7.92. The number of nitrogens with one attached hydrogen (secondary N) is 1. The maximum atomic E-state index is 12.6. The van der Waals surface area contributed by atoms with Crippen molar-refractivity contribution in [2.75, 3.05) is 11.8 Å². The zero-order valence-electron chi connectivity index (χ0n) is 13.8. The second-order valence-corrected chi connectivity index (χ2v) is 7.46. The van der Waals surface area contributed by atoms with Crippen molar-refractivity contribution in [3.63, 3.8) is 0 Å². The predicted octanol–water partition coefficient (Wildman–Crippen LogP) is 4.27. The fraction of sp³-hybridized carbons (Fsp3) is 0.158. The molecule has 0 aromatic heterocycles. The zero-order chi connectivity index (χ0) is 17.3. The van der Waals surface area contributed by atoms with Gasteiger partial charge in [-0.3, -0.25) is 4.72 Å². The van der Waals surface area contributed by atoms with Crippen LogP contribution in [0, 0.1) is 13.8 Å². The van der Waals surface area contributed by atoms with Crippen LogP contribution in [0.25, 0.3) is 10.8 Å². The lowest BCUT2D eigenvalue weighted by atomic mass is 10.1. The quantitative estimate of drug-likeness (QED) is 0.771. The van der Waals surface area contributed by atoms with Gasteiger partial charge in [0.15, 0.2) is 0 Å². The van der Waals surface area contributed by atoms with Gasteiger partial charge in [0.2, 0.25) is 0 Å². The Morgan fingerprint density at radius 2 is 1.54 bits per heavy atom. The van der Waals surface area contributed by atoms with Gasteiger partial charge in [0, 0.05) is 5.69 Å². The van der Waals surface area contributed by atoms with Crippen molar-refractivity contribution < 1.29 is 13.2 Å². The average Bonchev–Trinajstić information content (AvgIpc) is 2.57. The van der Waals surface area contributed by atoms with Gasteiger partial charge in [0.25, 0.3) is 10.0 Å². The molecule has 0 radical (unpaired) electrons. The highest BCUT2D eigenvalue weighted by Gasteiger charge is 2.15. The second kappa shape index (κ2) is 6.17. The van der Waals surface area contributed by atoms with Gasteiger partial charge in [-0.05, 0) is 72.1 Å². The number of hydrogen-bond donors (Lipinski definition) is 1. The van der Waals surface area contributed by atoms with E-state index in [-0.39, 0.29) is 4.90 Å². The van der Waals surface area contributed by atoms with E-state index in [1.54, 1.807) is 31.4 Å². The van der Waals surface area contributed by atoms with Crippen LogP contribution < -0.4 is 9.46 Å². The van der Waals surface area contributed by atoms with Crippen LogP contribution >= 0.6 is 0 Å². The number of ether oxygens (including phenoxy) is 1. The number of anilines is 1. The molecule has 5 heteroatoms. The molecular formula is C19H19NO3S. The number of hydrogen-bond acceptors (Lipinski definition) is 3. The number of aryl methyl sites for hydroxylation is 2. The first-order valence-corrected chi connectivity index (χ1v) is 9.05. The maximum Gasteiger partial charge on any atom is 0.261 e. The Balaban J connectivity index is 1.96. The Morgan fingerprint density at radius 3 is 2.25 bits per heavy atom. The molecule has 0 aliphatic heterocycles. The monoisotopic (exact) mass is 341 g/mol. The summed E-state index contributed by atoms with van der Waals surface area (Å²) in [4.78, 5) is 0.235. The molecule has 3 rings (SSSR count). The average molecular weight is 341 g/mol. The molecule has 0 heterocycles. The van der Waals surface area contributed by atoms with Crippen LogP contribution in [0.2, 0.25) is 0 Å². The Hall–Kier alpha value is -2.53. The van der Waals surface area contributed by atoms with Crippen molar-refractivity contribution in [2.45, 2.75) is 18.7 Å². The minimum Gasteiger partial charge on any atom is -0.497 e. The first-order valence-electron chi connectivity index (χ1n) is 7.57. The fourth-order valence-electron chi connectivity index (χ4n) is 2.52. The molecule has 3 aromatic carbocycles. The molecule has 124 valence electrons. The summed E-state index contributed by atoms with van der Waals surface area (Å²) in [7, 11) is -2.03. The number of methoxy groups -OCH3 is 1. The SMILES string of the molecule is COc1ccc2cc(S(=O)(=O)Nc3ccc(C)c(C)c3)ccc2c1. The lowest BCUT2D eigenvalue weighted by Gasteiger charge is -2.11. The summed E-state index contributed by atoms with van der Waals surface area (Å²) in [5.41, 5.74) is 2.73. The summed E-state index contributed by atoms with van der Waals surface area (Å²) in [6, 6.07) is 16.1. The summed E-state index contributed by atoms with van der Waals surface area (Å²) in [6.45, 7) is 3.95. The van der Waals surface area contributed by atoms with E-state index in [1.165, 1.54) is 0 Å². The summed E-state index contributed by atoms with van der Waals surface area (Å²) in [6.07, 6.45) is 0. The molecular weight excluding hydrogens is 322 g/mol. The van der Waals surface area contributed by atoms with Gasteiger partial charge >= 0.3 is 0 Å². The summed E-state index contributed by atoms with van der Waals surface area (Å²) >= 11 is 0. The summed E-state index contributed by atoms with van der Waals surface area (Å²) < 4.78 is 33.1. The molecule has 0 fully saturated rings. The second-order valence-electron chi connectivity index (χ2n) is 5.78. The van der Waals surface area contributed by atoms with Crippen molar-refractivity contribution in [1.29, 1.82) is 0 Å². The topological polar surface area (TPSA) is 55.4 Å². The fourth-order valence-corrected chi connectivity index (χ4v) is 3.60. The predicted molar refractivity (Wildman–Crippen MR) is 97.2 cm³/mol. The molecule has 1 N–H and O–H groups in total. The highest BCUT2D eigenvalue weighted by atomic mass is 32.2. The standard InChI is InChI=1S/C19H19NO3S/c1-13-4-7-17(10-14(13)2)20-24(21,22)19-9-6-15-11-18(23-3)8-5-16(15)12-19/h4-12,20H,1-3H3. The molecule has 4 nitrogen and oxygen atoms in total. The van der Waals surface area contributed by atoms with Crippen LogP contribution in [-0.2, 0) is 10.0 Å². The van der Waals surface area contributed by atoms with Crippen LogP contribution in [-0.4, -0.2) is 15.5 Å². The number of sulfonamides is 1. The molecule has 0 bridgehead atoms. The van der Waals surface area contributed by atoms with Gasteiger partial charge < -0.3 is 4.74 Å². The lowest BCUT2D eigenvalue weighted by molar-refractivity contribution is 0.415. The smallest absolute Gasteiger partial charge is 0.261 e. The maximum absolute atomic E-state index is 12.6. The Labute approximate surface area is 142 Å². The van der Waals surface area contributed by atoms with Gasteiger partial charge in [0.1, 0.15) is 5.75 Å². The molecule has 0 saturated heterocycles. The van der Waals surface area contributed by atoms with Gasteiger partial charge in [-0.25, -0.2) is 8.42 Å². The van der Waals surface area contributed by atoms with Crippen LogP contribution in [0.3, 0.4) is 0 Å². The first kappa shape index (κ1) is 16.3. The summed E-state index contributed by atoms with van der Waals surface area (Å²) in [5.74, 6) is 0.742.